The normalized spacial score (nSPS) is 29.8. The topological polar surface area (TPSA) is 90.2 Å². The molecule has 0 radical (unpaired) electrons. The van der Waals surface area contributed by atoms with Crippen molar-refractivity contribution in [1.82, 2.24) is 0 Å². The molecule has 1 heterocycles. The molecule has 5 nitrogen and oxygen atoms in total. The van der Waals surface area contributed by atoms with Crippen molar-refractivity contribution in [3.8, 4) is 0 Å². The molecule has 1 saturated heterocycles. The fourth-order valence-electron chi connectivity index (χ4n) is 4.24. The van der Waals surface area contributed by atoms with E-state index in [1.54, 1.807) is 0 Å². The summed E-state index contributed by atoms with van der Waals surface area (Å²) in [6.07, 6.45) is -1.45. The minimum Gasteiger partial charge on any atom is -0.394 e. The third-order valence-corrected chi connectivity index (χ3v) is 6.23. The van der Waals surface area contributed by atoms with E-state index in [1.165, 1.54) is 35.1 Å². The van der Waals surface area contributed by atoms with Gasteiger partial charge in [-0.15, -0.1) is 0 Å². The Bertz CT molecular complexity index is 828. The van der Waals surface area contributed by atoms with Gasteiger partial charge in [-0.1, -0.05) is 49.4 Å². The van der Waals surface area contributed by atoms with Crippen LogP contribution in [0.1, 0.15) is 59.6 Å². The Morgan fingerprint density at radius 1 is 0.897 bits per heavy atom. The van der Waals surface area contributed by atoms with Crippen LogP contribution >= 0.6 is 0 Å². The molecule has 5 atom stereocenters. The Hall–Kier alpha value is -1.76. The van der Waals surface area contributed by atoms with E-state index in [9.17, 15) is 20.4 Å². The smallest absolute Gasteiger partial charge is 0.113 e. The Morgan fingerprint density at radius 2 is 1.59 bits per heavy atom. The molecule has 5 heteroatoms. The molecular formula is C24H30O5. The molecule has 2 aromatic carbocycles. The van der Waals surface area contributed by atoms with Crippen molar-refractivity contribution < 1.29 is 25.2 Å². The average molecular weight is 398 g/mol. The van der Waals surface area contributed by atoms with Crippen molar-refractivity contribution in [2.45, 2.75) is 69.0 Å². The molecule has 29 heavy (non-hydrogen) atoms. The Kier molecular flexibility index (Phi) is 6.04. The van der Waals surface area contributed by atoms with Crippen LogP contribution in [-0.4, -0.2) is 51.4 Å². The van der Waals surface area contributed by atoms with Crippen molar-refractivity contribution in [1.29, 1.82) is 0 Å². The van der Waals surface area contributed by atoms with Crippen LogP contribution in [0.15, 0.2) is 42.5 Å². The van der Waals surface area contributed by atoms with Crippen molar-refractivity contribution in [2.75, 3.05) is 6.61 Å². The molecular weight excluding hydrogens is 368 g/mol. The van der Waals surface area contributed by atoms with Gasteiger partial charge >= 0.3 is 0 Å². The molecule has 2 aliphatic rings. The third kappa shape index (κ3) is 4.25. The first-order chi connectivity index (χ1) is 14.0. The van der Waals surface area contributed by atoms with Gasteiger partial charge in [0.05, 0.1) is 6.61 Å². The summed E-state index contributed by atoms with van der Waals surface area (Å²) in [4.78, 5) is 0. The summed E-state index contributed by atoms with van der Waals surface area (Å²) < 4.78 is 5.76. The first-order valence-corrected chi connectivity index (χ1v) is 10.5. The lowest BCUT2D eigenvalue weighted by Gasteiger charge is -2.40. The SMILES string of the molecule is CCc1ccc(Cc2cc([C@@H]3O[C@H](CO)[C@@H](O)[C@H](O)[C@H]3O)ccc2C2CC2)cc1. The molecule has 0 aromatic heterocycles. The first kappa shape index (κ1) is 20.5. The van der Waals surface area contributed by atoms with E-state index in [-0.39, 0.29) is 0 Å². The largest absolute Gasteiger partial charge is 0.394 e. The predicted molar refractivity (Wildman–Crippen MR) is 110 cm³/mol. The van der Waals surface area contributed by atoms with Crippen LogP contribution in [0, 0.1) is 0 Å². The lowest BCUT2D eigenvalue weighted by atomic mass is 9.88. The van der Waals surface area contributed by atoms with Gasteiger partial charge in [-0.2, -0.15) is 0 Å². The van der Waals surface area contributed by atoms with Gasteiger partial charge in [-0.3, -0.25) is 0 Å². The van der Waals surface area contributed by atoms with E-state index >= 15 is 0 Å². The molecule has 2 aromatic rings. The predicted octanol–water partition coefficient (Wildman–Crippen LogP) is 2.23. The summed E-state index contributed by atoms with van der Waals surface area (Å²) in [6, 6.07) is 14.7. The maximum Gasteiger partial charge on any atom is 0.113 e. The Labute approximate surface area is 171 Å². The van der Waals surface area contributed by atoms with Crippen LogP contribution in [0.25, 0.3) is 0 Å². The average Bonchev–Trinajstić information content (AvgIpc) is 3.58. The second-order valence-corrected chi connectivity index (χ2v) is 8.33. The van der Waals surface area contributed by atoms with Gasteiger partial charge in [0.15, 0.2) is 0 Å². The minimum absolute atomic E-state index is 0.418. The zero-order valence-electron chi connectivity index (χ0n) is 16.7. The van der Waals surface area contributed by atoms with Crippen LogP contribution in [0.5, 0.6) is 0 Å². The molecule has 0 unspecified atom stereocenters. The van der Waals surface area contributed by atoms with Gasteiger partial charge in [0.1, 0.15) is 30.5 Å². The van der Waals surface area contributed by atoms with Gasteiger partial charge in [0.25, 0.3) is 0 Å². The van der Waals surface area contributed by atoms with Crippen LogP contribution in [0.4, 0.5) is 0 Å². The second-order valence-electron chi connectivity index (χ2n) is 8.33. The van der Waals surface area contributed by atoms with Gasteiger partial charge in [-0.05, 0) is 59.4 Å². The maximum absolute atomic E-state index is 10.5. The number of hydrogen-bond donors (Lipinski definition) is 4. The van der Waals surface area contributed by atoms with Crippen molar-refractivity contribution in [2.24, 2.45) is 0 Å². The molecule has 0 amide bonds. The molecule has 4 N–H and O–H groups in total. The molecule has 2 fully saturated rings. The van der Waals surface area contributed by atoms with E-state index in [2.05, 4.69) is 37.3 Å². The van der Waals surface area contributed by atoms with Gasteiger partial charge < -0.3 is 25.2 Å². The summed E-state index contributed by atoms with van der Waals surface area (Å²) >= 11 is 0. The van der Waals surface area contributed by atoms with E-state index in [0.29, 0.717) is 5.92 Å². The lowest BCUT2D eigenvalue weighted by molar-refractivity contribution is -0.231. The molecule has 0 bridgehead atoms. The molecule has 1 aliphatic carbocycles. The number of ether oxygens (including phenoxy) is 1. The highest BCUT2D eigenvalue weighted by Crippen LogP contribution is 2.43. The lowest BCUT2D eigenvalue weighted by Crippen LogP contribution is -2.55. The van der Waals surface area contributed by atoms with Crippen molar-refractivity contribution in [3.63, 3.8) is 0 Å². The van der Waals surface area contributed by atoms with E-state index in [4.69, 9.17) is 4.74 Å². The molecule has 4 rings (SSSR count). The monoisotopic (exact) mass is 398 g/mol. The molecule has 1 saturated carbocycles. The van der Waals surface area contributed by atoms with E-state index < -0.39 is 37.1 Å². The fourth-order valence-corrected chi connectivity index (χ4v) is 4.24. The number of hydrogen-bond acceptors (Lipinski definition) is 5. The van der Waals surface area contributed by atoms with Crippen LogP contribution < -0.4 is 0 Å². The highest BCUT2D eigenvalue weighted by molar-refractivity contribution is 5.41. The van der Waals surface area contributed by atoms with Gasteiger partial charge in [0.2, 0.25) is 0 Å². The number of aliphatic hydroxyl groups excluding tert-OH is 4. The zero-order chi connectivity index (χ0) is 20.5. The number of rotatable bonds is 6. The van der Waals surface area contributed by atoms with Crippen molar-refractivity contribution in [3.05, 3.63) is 70.3 Å². The van der Waals surface area contributed by atoms with Gasteiger partial charge in [-0.25, -0.2) is 0 Å². The fraction of sp³-hybridized carbons (Fsp3) is 0.500. The van der Waals surface area contributed by atoms with Crippen LogP contribution in [0.3, 0.4) is 0 Å². The highest BCUT2D eigenvalue weighted by atomic mass is 16.5. The standard InChI is InChI=1S/C24H30O5/c1-2-14-3-5-15(6-4-14)11-18-12-17(9-10-19(18)16-7-8-16)24-23(28)22(27)21(26)20(13-25)29-24/h3-6,9-10,12,16,20-28H,2,7-8,11,13H2,1H3/t20-,21-,22+,23-,24+/m1/s1. The van der Waals surface area contributed by atoms with E-state index in [0.717, 1.165) is 18.4 Å². The molecule has 1 aliphatic heterocycles. The summed E-state index contributed by atoms with van der Waals surface area (Å²) in [5, 5.41) is 40.1. The Balaban J connectivity index is 1.63. The second kappa shape index (κ2) is 8.54. The summed E-state index contributed by atoms with van der Waals surface area (Å²) in [6.45, 7) is 1.72. The summed E-state index contributed by atoms with van der Waals surface area (Å²) in [5.41, 5.74) is 5.83. The van der Waals surface area contributed by atoms with E-state index in [1.807, 2.05) is 12.1 Å². The van der Waals surface area contributed by atoms with Crippen molar-refractivity contribution >= 4 is 0 Å². The third-order valence-electron chi connectivity index (χ3n) is 6.23. The zero-order valence-corrected chi connectivity index (χ0v) is 16.7. The van der Waals surface area contributed by atoms with Gasteiger partial charge in [0, 0.05) is 0 Å². The number of benzene rings is 2. The Morgan fingerprint density at radius 3 is 2.21 bits per heavy atom. The van der Waals surface area contributed by atoms with Crippen LogP contribution in [0.2, 0.25) is 0 Å². The minimum atomic E-state index is -1.36. The molecule has 0 spiro atoms. The number of aliphatic hydroxyl groups is 4. The first-order valence-electron chi connectivity index (χ1n) is 10.5. The maximum atomic E-state index is 10.5. The number of aryl methyl sites for hydroxylation is 1. The quantitative estimate of drug-likeness (QED) is 0.599. The molecule has 156 valence electrons. The highest BCUT2D eigenvalue weighted by Gasteiger charge is 2.44. The summed E-state index contributed by atoms with van der Waals surface area (Å²) in [5.74, 6) is 0.587. The van der Waals surface area contributed by atoms with Crippen LogP contribution in [-0.2, 0) is 17.6 Å². The summed E-state index contributed by atoms with van der Waals surface area (Å²) in [7, 11) is 0.